The monoisotopic (exact) mass is 291 g/mol. The van der Waals surface area contributed by atoms with Crippen LogP contribution in [0.1, 0.15) is 6.92 Å². The SMILES string of the molecule is CC1CS(=O)(=O)CCN1c1ccnc2c(N)cccc12. The van der Waals surface area contributed by atoms with Crippen molar-refractivity contribution in [2.45, 2.75) is 13.0 Å². The van der Waals surface area contributed by atoms with Crippen molar-refractivity contribution >= 4 is 32.1 Å². The molecule has 1 unspecified atom stereocenters. The van der Waals surface area contributed by atoms with E-state index in [1.54, 1.807) is 6.20 Å². The maximum absolute atomic E-state index is 11.7. The number of nitrogens with two attached hydrogens (primary N) is 1. The maximum atomic E-state index is 11.7. The van der Waals surface area contributed by atoms with Crippen LogP contribution in [0, 0.1) is 0 Å². The van der Waals surface area contributed by atoms with Crippen molar-refractivity contribution < 1.29 is 8.42 Å². The summed E-state index contributed by atoms with van der Waals surface area (Å²) in [7, 11) is -2.92. The number of hydrogen-bond donors (Lipinski definition) is 1. The Balaban J connectivity index is 2.09. The van der Waals surface area contributed by atoms with E-state index in [0.717, 1.165) is 16.6 Å². The Kier molecular flexibility index (Phi) is 3.05. The van der Waals surface area contributed by atoms with Crippen molar-refractivity contribution in [1.29, 1.82) is 0 Å². The number of sulfone groups is 1. The highest BCUT2D eigenvalue weighted by molar-refractivity contribution is 7.91. The topological polar surface area (TPSA) is 76.3 Å². The van der Waals surface area contributed by atoms with Crippen molar-refractivity contribution in [2.75, 3.05) is 28.7 Å². The molecule has 0 amide bonds. The summed E-state index contributed by atoms with van der Waals surface area (Å²) < 4.78 is 23.4. The van der Waals surface area contributed by atoms with Gasteiger partial charge in [-0.3, -0.25) is 4.98 Å². The fourth-order valence-electron chi connectivity index (χ4n) is 2.79. The van der Waals surface area contributed by atoms with Crippen LogP contribution in [0.15, 0.2) is 30.5 Å². The van der Waals surface area contributed by atoms with Crippen LogP contribution in [0.25, 0.3) is 10.9 Å². The number of nitrogen functional groups attached to an aromatic ring is 1. The molecule has 1 aliphatic rings. The van der Waals surface area contributed by atoms with Gasteiger partial charge in [-0.15, -0.1) is 0 Å². The Labute approximate surface area is 118 Å². The van der Waals surface area contributed by atoms with Gasteiger partial charge in [-0.05, 0) is 19.1 Å². The standard InChI is InChI=1S/C14H17N3O2S/c1-10-9-20(18,19)8-7-17(10)13-5-6-16-14-11(13)3-2-4-12(14)15/h2-6,10H,7-9,15H2,1H3. The minimum Gasteiger partial charge on any atom is -0.397 e. The minimum atomic E-state index is -2.92. The molecule has 0 bridgehead atoms. The summed E-state index contributed by atoms with van der Waals surface area (Å²) >= 11 is 0. The largest absolute Gasteiger partial charge is 0.397 e. The highest BCUT2D eigenvalue weighted by Gasteiger charge is 2.29. The van der Waals surface area contributed by atoms with Gasteiger partial charge in [0, 0.05) is 29.9 Å². The van der Waals surface area contributed by atoms with Crippen LogP contribution in [-0.4, -0.2) is 37.5 Å². The Morgan fingerprint density at radius 1 is 1.35 bits per heavy atom. The number of hydrogen-bond acceptors (Lipinski definition) is 5. The Morgan fingerprint density at radius 3 is 2.90 bits per heavy atom. The number of para-hydroxylation sites is 1. The Bertz CT molecular complexity index is 758. The van der Waals surface area contributed by atoms with Gasteiger partial charge in [-0.1, -0.05) is 12.1 Å². The number of anilines is 2. The molecule has 20 heavy (non-hydrogen) atoms. The zero-order valence-corrected chi connectivity index (χ0v) is 12.1. The molecule has 3 rings (SSSR count). The lowest BCUT2D eigenvalue weighted by Gasteiger charge is -2.35. The number of rotatable bonds is 1. The third-order valence-electron chi connectivity index (χ3n) is 3.76. The second kappa shape index (κ2) is 4.63. The lowest BCUT2D eigenvalue weighted by molar-refractivity contribution is 0.568. The molecule has 0 aliphatic carbocycles. The van der Waals surface area contributed by atoms with Crippen LogP contribution in [-0.2, 0) is 9.84 Å². The molecule has 1 atom stereocenters. The molecule has 1 saturated heterocycles. The van der Waals surface area contributed by atoms with Gasteiger partial charge in [0.1, 0.15) is 0 Å². The van der Waals surface area contributed by atoms with E-state index >= 15 is 0 Å². The van der Waals surface area contributed by atoms with Gasteiger partial charge >= 0.3 is 0 Å². The zero-order chi connectivity index (χ0) is 14.3. The lowest BCUT2D eigenvalue weighted by Crippen LogP contribution is -2.47. The highest BCUT2D eigenvalue weighted by atomic mass is 32.2. The number of pyridine rings is 1. The first-order valence-corrected chi connectivity index (χ1v) is 8.40. The maximum Gasteiger partial charge on any atom is 0.154 e. The third-order valence-corrected chi connectivity index (χ3v) is 5.55. The molecule has 6 heteroatoms. The first-order chi connectivity index (χ1) is 9.48. The third kappa shape index (κ3) is 2.20. The summed E-state index contributed by atoms with van der Waals surface area (Å²) in [4.78, 5) is 6.45. The van der Waals surface area contributed by atoms with Crippen LogP contribution >= 0.6 is 0 Å². The zero-order valence-electron chi connectivity index (χ0n) is 11.3. The van der Waals surface area contributed by atoms with Gasteiger partial charge in [0.15, 0.2) is 9.84 Å². The fourth-order valence-corrected chi connectivity index (χ4v) is 4.35. The van der Waals surface area contributed by atoms with E-state index in [0.29, 0.717) is 12.2 Å². The van der Waals surface area contributed by atoms with E-state index in [4.69, 9.17) is 5.73 Å². The molecular formula is C14H17N3O2S. The fraction of sp³-hybridized carbons (Fsp3) is 0.357. The van der Waals surface area contributed by atoms with Crippen LogP contribution in [0.5, 0.6) is 0 Å². The number of nitrogens with zero attached hydrogens (tertiary/aromatic N) is 2. The van der Waals surface area contributed by atoms with Crippen molar-refractivity contribution in [2.24, 2.45) is 0 Å². The minimum absolute atomic E-state index is 0.0409. The number of aromatic nitrogens is 1. The van der Waals surface area contributed by atoms with Crippen molar-refractivity contribution in [3.63, 3.8) is 0 Å². The molecule has 5 nitrogen and oxygen atoms in total. The van der Waals surface area contributed by atoms with Crippen LogP contribution in [0.4, 0.5) is 11.4 Å². The normalized spacial score (nSPS) is 22.1. The predicted octanol–water partition coefficient (Wildman–Crippen LogP) is 1.44. The van der Waals surface area contributed by atoms with Gasteiger partial charge in [-0.25, -0.2) is 8.42 Å². The van der Waals surface area contributed by atoms with Crippen LogP contribution < -0.4 is 10.6 Å². The van der Waals surface area contributed by atoms with Crippen molar-refractivity contribution in [3.05, 3.63) is 30.5 Å². The first kappa shape index (κ1) is 13.2. The van der Waals surface area contributed by atoms with E-state index in [-0.39, 0.29) is 17.5 Å². The van der Waals surface area contributed by atoms with Gasteiger partial charge in [0.2, 0.25) is 0 Å². The molecule has 0 spiro atoms. The first-order valence-electron chi connectivity index (χ1n) is 6.58. The van der Waals surface area contributed by atoms with Crippen LogP contribution in [0.3, 0.4) is 0 Å². The molecule has 1 aromatic carbocycles. The molecule has 0 radical (unpaired) electrons. The Hall–Kier alpha value is -1.82. The average molecular weight is 291 g/mol. The van der Waals surface area contributed by atoms with E-state index < -0.39 is 9.84 Å². The van der Waals surface area contributed by atoms with E-state index in [2.05, 4.69) is 9.88 Å². The van der Waals surface area contributed by atoms with Gasteiger partial charge in [0.25, 0.3) is 0 Å². The van der Waals surface area contributed by atoms with E-state index in [1.807, 2.05) is 31.2 Å². The summed E-state index contributed by atoms with van der Waals surface area (Å²) in [5.41, 5.74) is 8.37. The predicted molar refractivity (Wildman–Crippen MR) is 81.6 cm³/mol. The summed E-state index contributed by atoms with van der Waals surface area (Å²) in [5.74, 6) is 0.391. The summed E-state index contributed by atoms with van der Waals surface area (Å²) in [6.07, 6.45) is 1.73. The molecule has 0 saturated carbocycles. The second-order valence-electron chi connectivity index (χ2n) is 5.23. The second-order valence-corrected chi connectivity index (χ2v) is 7.46. The molecule has 1 fully saturated rings. The molecule has 106 valence electrons. The molecule has 2 aromatic rings. The van der Waals surface area contributed by atoms with Crippen molar-refractivity contribution in [1.82, 2.24) is 4.98 Å². The average Bonchev–Trinajstić information content (AvgIpc) is 2.38. The number of benzene rings is 1. The van der Waals surface area contributed by atoms with E-state index in [1.165, 1.54) is 0 Å². The lowest BCUT2D eigenvalue weighted by atomic mass is 10.1. The van der Waals surface area contributed by atoms with E-state index in [9.17, 15) is 8.42 Å². The molecule has 2 N–H and O–H groups in total. The quantitative estimate of drug-likeness (QED) is 0.805. The summed E-state index contributed by atoms with van der Waals surface area (Å²) in [5, 5.41) is 0.971. The summed E-state index contributed by atoms with van der Waals surface area (Å²) in [6, 6.07) is 7.58. The smallest absolute Gasteiger partial charge is 0.154 e. The molecular weight excluding hydrogens is 274 g/mol. The Morgan fingerprint density at radius 2 is 2.15 bits per heavy atom. The van der Waals surface area contributed by atoms with Gasteiger partial charge < -0.3 is 10.6 Å². The highest BCUT2D eigenvalue weighted by Crippen LogP contribution is 2.31. The van der Waals surface area contributed by atoms with Crippen LogP contribution in [0.2, 0.25) is 0 Å². The summed E-state index contributed by atoms with van der Waals surface area (Å²) in [6.45, 7) is 2.45. The van der Waals surface area contributed by atoms with Crippen molar-refractivity contribution in [3.8, 4) is 0 Å². The van der Waals surface area contributed by atoms with Gasteiger partial charge in [-0.2, -0.15) is 0 Å². The molecule has 1 aliphatic heterocycles. The molecule has 1 aromatic heterocycles. The molecule has 2 heterocycles. The van der Waals surface area contributed by atoms with Gasteiger partial charge in [0.05, 0.1) is 22.7 Å². The number of fused-ring (bicyclic) bond motifs is 1.